The third-order valence-electron chi connectivity index (χ3n) is 6.58. The minimum atomic E-state index is 0.473. The van der Waals surface area contributed by atoms with E-state index in [9.17, 15) is 0 Å². The van der Waals surface area contributed by atoms with Crippen LogP contribution in [0.2, 0.25) is 0 Å². The molecule has 0 saturated heterocycles. The Balaban J connectivity index is 1.60. The number of nitrogens with zero attached hydrogens (tertiary/aromatic N) is 1. The van der Waals surface area contributed by atoms with Crippen LogP contribution in [0.5, 0.6) is 0 Å². The molecule has 2 aromatic heterocycles. The summed E-state index contributed by atoms with van der Waals surface area (Å²) in [6.45, 7) is 4.57. The fourth-order valence-electron chi connectivity index (χ4n) is 4.87. The van der Waals surface area contributed by atoms with Gasteiger partial charge in [0.05, 0.1) is 0 Å². The molecule has 0 saturated carbocycles. The monoisotopic (exact) mass is 388 g/mol. The van der Waals surface area contributed by atoms with Crippen molar-refractivity contribution in [2.45, 2.75) is 26.3 Å². The third-order valence-corrected chi connectivity index (χ3v) is 6.58. The lowest BCUT2D eigenvalue weighted by atomic mass is 10.0. The number of aromatic amines is 1. The van der Waals surface area contributed by atoms with Crippen LogP contribution in [-0.2, 0) is 0 Å². The van der Waals surface area contributed by atoms with Gasteiger partial charge in [0.25, 0.3) is 0 Å². The van der Waals surface area contributed by atoms with E-state index in [4.69, 9.17) is 0 Å². The molecule has 0 amide bonds. The van der Waals surface area contributed by atoms with Crippen molar-refractivity contribution in [3.63, 3.8) is 0 Å². The van der Waals surface area contributed by atoms with Crippen molar-refractivity contribution in [3.8, 4) is 11.1 Å². The molecule has 4 aromatic carbocycles. The molecule has 0 aliphatic rings. The van der Waals surface area contributed by atoms with Gasteiger partial charge in [0, 0.05) is 49.7 Å². The van der Waals surface area contributed by atoms with Gasteiger partial charge >= 0.3 is 0 Å². The van der Waals surface area contributed by atoms with Crippen LogP contribution in [0.15, 0.2) is 84.9 Å². The summed E-state index contributed by atoms with van der Waals surface area (Å²) in [7, 11) is 0. The molecule has 146 valence electrons. The average Bonchev–Trinajstić information content (AvgIpc) is 3.33. The number of fused-ring (bicyclic) bond motifs is 6. The average molecular weight is 389 g/mol. The summed E-state index contributed by atoms with van der Waals surface area (Å²) >= 11 is 0. The van der Waals surface area contributed by atoms with E-state index >= 15 is 0 Å². The van der Waals surface area contributed by atoms with E-state index in [1.807, 2.05) is 0 Å². The molecule has 0 fully saturated rings. The lowest BCUT2D eigenvalue weighted by Gasteiger charge is -2.15. The van der Waals surface area contributed by atoms with Crippen molar-refractivity contribution >= 4 is 43.6 Å². The molecule has 0 aliphatic carbocycles. The van der Waals surface area contributed by atoms with Crippen LogP contribution in [0.3, 0.4) is 0 Å². The van der Waals surface area contributed by atoms with Crippen molar-refractivity contribution in [3.05, 3.63) is 84.9 Å². The zero-order chi connectivity index (χ0) is 20.2. The van der Waals surface area contributed by atoms with E-state index in [-0.39, 0.29) is 0 Å². The number of benzene rings is 4. The number of hydrogen-bond donors (Lipinski definition) is 1. The predicted molar refractivity (Wildman–Crippen MR) is 129 cm³/mol. The SMILES string of the molecule is CCC(C)n1c2ccccc2c2cc(-c3ccc4[nH]c5ccccc5c4c3)ccc21. The van der Waals surface area contributed by atoms with Gasteiger partial charge in [-0.2, -0.15) is 0 Å². The maximum atomic E-state index is 3.53. The molecule has 2 heteroatoms. The maximum absolute atomic E-state index is 3.53. The minimum absolute atomic E-state index is 0.473. The van der Waals surface area contributed by atoms with Crippen molar-refractivity contribution < 1.29 is 0 Å². The van der Waals surface area contributed by atoms with Gasteiger partial charge in [0.1, 0.15) is 0 Å². The van der Waals surface area contributed by atoms with Crippen LogP contribution in [0.25, 0.3) is 54.7 Å². The number of rotatable bonds is 3. The number of aromatic nitrogens is 2. The molecule has 1 N–H and O–H groups in total. The predicted octanol–water partition coefficient (Wildman–Crippen LogP) is 8.07. The number of para-hydroxylation sites is 2. The summed E-state index contributed by atoms with van der Waals surface area (Å²) in [5, 5.41) is 5.24. The Labute approximate surface area is 175 Å². The number of hydrogen-bond acceptors (Lipinski definition) is 0. The van der Waals surface area contributed by atoms with E-state index in [0.717, 1.165) is 6.42 Å². The zero-order valence-corrected chi connectivity index (χ0v) is 17.3. The summed E-state index contributed by atoms with van der Waals surface area (Å²) in [6.07, 6.45) is 1.12. The molecule has 6 rings (SSSR count). The smallest absolute Gasteiger partial charge is 0.0494 e. The quantitative estimate of drug-likeness (QED) is 0.316. The molecule has 1 unspecified atom stereocenters. The highest BCUT2D eigenvalue weighted by molar-refractivity contribution is 6.11. The highest BCUT2D eigenvalue weighted by Gasteiger charge is 2.15. The van der Waals surface area contributed by atoms with E-state index in [0.29, 0.717) is 6.04 Å². The topological polar surface area (TPSA) is 20.7 Å². The van der Waals surface area contributed by atoms with E-state index in [2.05, 4.69) is 108 Å². The van der Waals surface area contributed by atoms with Crippen molar-refractivity contribution in [1.29, 1.82) is 0 Å². The Bertz CT molecular complexity index is 1550. The molecule has 30 heavy (non-hydrogen) atoms. The van der Waals surface area contributed by atoms with Crippen molar-refractivity contribution in [1.82, 2.24) is 9.55 Å². The standard InChI is InChI=1S/C28H24N2/c1-3-18(2)30-27-11-7-5-9-22(27)24-17-20(13-15-28(24)30)19-12-14-26-23(16-19)21-8-4-6-10-25(21)29-26/h4-18,29H,3H2,1-2H3. The third kappa shape index (κ3) is 2.43. The van der Waals surface area contributed by atoms with Crippen molar-refractivity contribution in [2.75, 3.05) is 0 Å². The Hall–Kier alpha value is -3.52. The first-order valence-electron chi connectivity index (χ1n) is 10.8. The largest absolute Gasteiger partial charge is 0.355 e. The Morgan fingerprint density at radius 1 is 0.667 bits per heavy atom. The second kappa shape index (κ2) is 6.50. The van der Waals surface area contributed by atoms with Crippen LogP contribution >= 0.6 is 0 Å². The lowest BCUT2D eigenvalue weighted by Crippen LogP contribution is -2.02. The summed E-state index contributed by atoms with van der Waals surface area (Å²) in [6, 6.07) is 31.5. The maximum Gasteiger partial charge on any atom is 0.0494 e. The van der Waals surface area contributed by atoms with Crippen molar-refractivity contribution in [2.24, 2.45) is 0 Å². The highest BCUT2D eigenvalue weighted by Crippen LogP contribution is 2.36. The molecule has 2 heterocycles. The first kappa shape index (κ1) is 17.3. The van der Waals surface area contributed by atoms with Crippen LogP contribution < -0.4 is 0 Å². The molecular formula is C28H24N2. The zero-order valence-electron chi connectivity index (χ0n) is 17.3. The van der Waals surface area contributed by atoms with E-state index < -0.39 is 0 Å². The Morgan fingerprint density at radius 3 is 2.13 bits per heavy atom. The van der Waals surface area contributed by atoms with Gasteiger partial charge in [0.15, 0.2) is 0 Å². The second-order valence-corrected chi connectivity index (χ2v) is 8.31. The van der Waals surface area contributed by atoms with Crippen LogP contribution in [0.4, 0.5) is 0 Å². The molecule has 2 nitrogen and oxygen atoms in total. The fourth-order valence-corrected chi connectivity index (χ4v) is 4.87. The molecule has 0 spiro atoms. The summed E-state index contributed by atoms with van der Waals surface area (Å²) in [5.41, 5.74) is 7.55. The molecule has 1 atom stereocenters. The summed E-state index contributed by atoms with van der Waals surface area (Å²) in [5.74, 6) is 0. The second-order valence-electron chi connectivity index (χ2n) is 8.31. The van der Waals surface area contributed by atoms with Gasteiger partial charge in [-0.1, -0.05) is 55.5 Å². The minimum Gasteiger partial charge on any atom is -0.355 e. The summed E-state index contributed by atoms with van der Waals surface area (Å²) < 4.78 is 2.50. The van der Waals surface area contributed by atoms with Crippen LogP contribution in [0, 0.1) is 0 Å². The van der Waals surface area contributed by atoms with E-state index in [1.165, 1.54) is 54.7 Å². The molecule has 6 aromatic rings. The van der Waals surface area contributed by atoms with Crippen LogP contribution in [0.1, 0.15) is 26.3 Å². The number of nitrogens with one attached hydrogen (secondary N) is 1. The number of H-pyrrole nitrogens is 1. The summed E-state index contributed by atoms with van der Waals surface area (Å²) in [4.78, 5) is 3.53. The lowest BCUT2D eigenvalue weighted by molar-refractivity contribution is 0.563. The van der Waals surface area contributed by atoms with Crippen LogP contribution in [-0.4, -0.2) is 9.55 Å². The van der Waals surface area contributed by atoms with Gasteiger partial charge in [-0.3, -0.25) is 0 Å². The molecule has 0 radical (unpaired) electrons. The molecule has 0 aliphatic heterocycles. The van der Waals surface area contributed by atoms with Gasteiger partial charge in [-0.15, -0.1) is 0 Å². The molecular weight excluding hydrogens is 364 g/mol. The first-order valence-corrected chi connectivity index (χ1v) is 10.8. The first-order chi connectivity index (χ1) is 14.7. The van der Waals surface area contributed by atoms with Gasteiger partial charge in [-0.05, 0) is 60.9 Å². The van der Waals surface area contributed by atoms with Gasteiger partial charge in [0.2, 0.25) is 0 Å². The van der Waals surface area contributed by atoms with Gasteiger partial charge < -0.3 is 9.55 Å². The normalized spacial score (nSPS) is 13.0. The fraction of sp³-hybridized carbons (Fsp3) is 0.143. The highest BCUT2D eigenvalue weighted by atomic mass is 15.0. The van der Waals surface area contributed by atoms with E-state index in [1.54, 1.807) is 0 Å². The molecule has 0 bridgehead atoms. The Kier molecular flexibility index (Phi) is 3.76. The van der Waals surface area contributed by atoms with Gasteiger partial charge in [-0.25, -0.2) is 0 Å². The Morgan fingerprint density at radius 2 is 1.30 bits per heavy atom.